The molecule has 0 aliphatic rings. The summed E-state index contributed by atoms with van der Waals surface area (Å²) >= 11 is 6.91. The maximum absolute atomic E-state index is 12.5. The fourth-order valence-electron chi connectivity index (χ4n) is 2.38. The summed E-state index contributed by atoms with van der Waals surface area (Å²) in [7, 11) is 0. The third kappa shape index (κ3) is 3.77. The summed E-state index contributed by atoms with van der Waals surface area (Å²) < 4.78 is 3.92. The molecule has 0 saturated carbocycles. The summed E-state index contributed by atoms with van der Waals surface area (Å²) in [5.74, 6) is -0.0809. The van der Waals surface area contributed by atoms with Crippen molar-refractivity contribution in [2.75, 3.05) is 5.32 Å². The van der Waals surface area contributed by atoms with Crippen molar-refractivity contribution in [1.29, 1.82) is 0 Å². The number of hydrogen-bond donors (Lipinski definition) is 1. The van der Waals surface area contributed by atoms with Gasteiger partial charge in [0.25, 0.3) is 5.91 Å². The van der Waals surface area contributed by atoms with E-state index in [2.05, 4.69) is 44.1 Å². The van der Waals surface area contributed by atoms with Crippen molar-refractivity contribution >= 4 is 43.5 Å². The summed E-state index contributed by atoms with van der Waals surface area (Å²) in [4.78, 5) is 12.5. The summed E-state index contributed by atoms with van der Waals surface area (Å²) in [5, 5.41) is 3.03. The van der Waals surface area contributed by atoms with E-state index in [-0.39, 0.29) is 5.91 Å². The highest BCUT2D eigenvalue weighted by molar-refractivity contribution is 9.10. The maximum Gasteiger partial charge on any atom is 0.272 e. The number of carbonyl (C=O) groups is 1. The van der Waals surface area contributed by atoms with Crippen LogP contribution < -0.4 is 5.32 Å². The van der Waals surface area contributed by atoms with Gasteiger partial charge in [0, 0.05) is 27.4 Å². The Kier molecular flexibility index (Phi) is 5.27. The average molecular weight is 414 g/mol. The van der Waals surface area contributed by atoms with Crippen LogP contribution in [0.5, 0.6) is 0 Å². The second kappa shape index (κ2) is 6.79. The normalized spacial score (nSPS) is 10.7. The number of anilines is 1. The second-order valence-corrected chi connectivity index (χ2v) is 6.94. The molecule has 2 aromatic rings. The first kappa shape index (κ1) is 16.3. The van der Waals surface area contributed by atoms with E-state index in [1.54, 1.807) is 0 Å². The zero-order valence-corrected chi connectivity index (χ0v) is 15.5. The molecule has 1 amide bonds. The fraction of sp³-hybridized carbons (Fsp3) is 0.312. The molecule has 0 bridgehead atoms. The monoisotopic (exact) mass is 412 g/mol. The van der Waals surface area contributed by atoms with E-state index in [0.29, 0.717) is 5.69 Å². The van der Waals surface area contributed by atoms with E-state index in [1.165, 1.54) is 0 Å². The molecule has 2 rings (SSSR count). The van der Waals surface area contributed by atoms with Crippen molar-refractivity contribution in [1.82, 2.24) is 4.57 Å². The molecule has 0 aliphatic heterocycles. The smallest absolute Gasteiger partial charge is 0.272 e. The van der Waals surface area contributed by atoms with E-state index in [9.17, 15) is 4.79 Å². The van der Waals surface area contributed by atoms with Gasteiger partial charge < -0.3 is 9.88 Å². The van der Waals surface area contributed by atoms with E-state index in [1.807, 2.05) is 42.8 Å². The maximum atomic E-state index is 12.5. The van der Waals surface area contributed by atoms with E-state index >= 15 is 0 Å². The second-order valence-electron chi connectivity index (χ2n) is 5.11. The number of amides is 1. The summed E-state index contributed by atoms with van der Waals surface area (Å²) in [6.45, 7) is 6.91. The van der Waals surface area contributed by atoms with Crippen molar-refractivity contribution in [3.05, 3.63) is 50.2 Å². The molecule has 112 valence electrons. The third-order valence-corrected chi connectivity index (χ3v) is 4.19. The van der Waals surface area contributed by atoms with Crippen LogP contribution in [0.25, 0.3) is 0 Å². The molecule has 1 aromatic heterocycles. The highest BCUT2D eigenvalue weighted by Crippen LogP contribution is 2.26. The zero-order valence-electron chi connectivity index (χ0n) is 12.3. The molecule has 0 saturated heterocycles. The van der Waals surface area contributed by atoms with Crippen LogP contribution in [0.15, 0.2) is 33.3 Å². The molecule has 0 aliphatic carbocycles. The molecule has 1 heterocycles. The highest BCUT2D eigenvalue weighted by Gasteiger charge is 2.15. The molecule has 1 aromatic carbocycles. The third-order valence-electron chi connectivity index (χ3n) is 3.30. The Balaban J connectivity index is 2.30. The molecule has 1 N–H and O–H groups in total. The summed E-state index contributed by atoms with van der Waals surface area (Å²) in [6, 6.07) is 5.86. The van der Waals surface area contributed by atoms with Crippen LogP contribution in [-0.2, 0) is 6.54 Å². The van der Waals surface area contributed by atoms with Gasteiger partial charge in [-0.15, -0.1) is 0 Å². The van der Waals surface area contributed by atoms with Crippen molar-refractivity contribution in [3.8, 4) is 0 Å². The number of halogens is 2. The highest BCUT2D eigenvalue weighted by atomic mass is 79.9. The van der Waals surface area contributed by atoms with Gasteiger partial charge in [-0.25, -0.2) is 0 Å². The molecule has 0 radical (unpaired) electrons. The standard InChI is InChI=1S/C16H18Br2N2O/c1-4-5-20-9-13(18)8-14(20)16(21)19-15-10(2)6-12(17)7-11(15)3/h6-9H,4-5H2,1-3H3,(H,19,21). The lowest BCUT2D eigenvalue weighted by Crippen LogP contribution is -2.18. The molecule has 21 heavy (non-hydrogen) atoms. The number of nitrogens with one attached hydrogen (secondary N) is 1. The van der Waals surface area contributed by atoms with Crippen LogP contribution >= 0.6 is 31.9 Å². The Bertz CT molecular complexity index is 654. The van der Waals surface area contributed by atoms with Gasteiger partial charge >= 0.3 is 0 Å². The van der Waals surface area contributed by atoms with Gasteiger partial charge in [-0.1, -0.05) is 22.9 Å². The Labute approximate surface area is 142 Å². The average Bonchev–Trinajstić information content (AvgIpc) is 2.75. The lowest BCUT2D eigenvalue weighted by molar-refractivity contribution is 0.101. The Hall–Kier alpha value is -1.07. The Morgan fingerprint density at radius 2 is 1.76 bits per heavy atom. The van der Waals surface area contributed by atoms with Crippen LogP contribution in [0.1, 0.15) is 35.0 Å². The largest absolute Gasteiger partial charge is 0.342 e. The van der Waals surface area contributed by atoms with Gasteiger partial charge in [-0.05, 0) is 65.5 Å². The van der Waals surface area contributed by atoms with Crippen LogP contribution in [0.4, 0.5) is 5.69 Å². The first-order valence-corrected chi connectivity index (χ1v) is 8.44. The first-order chi connectivity index (χ1) is 9.92. The van der Waals surface area contributed by atoms with Crippen molar-refractivity contribution < 1.29 is 4.79 Å². The minimum Gasteiger partial charge on any atom is -0.342 e. The van der Waals surface area contributed by atoms with Gasteiger partial charge in [0.1, 0.15) is 5.69 Å². The number of hydrogen-bond acceptors (Lipinski definition) is 1. The van der Waals surface area contributed by atoms with Crippen LogP contribution in [0.3, 0.4) is 0 Å². The minimum atomic E-state index is -0.0809. The van der Waals surface area contributed by atoms with Crippen molar-refractivity contribution in [2.45, 2.75) is 33.7 Å². The van der Waals surface area contributed by atoms with E-state index < -0.39 is 0 Å². The van der Waals surface area contributed by atoms with Crippen LogP contribution in [-0.4, -0.2) is 10.5 Å². The number of benzene rings is 1. The number of nitrogens with zero attached hydrogens (tertiary/aromatic N) is 1. The number of carbonyl (C=O) groups excluding carboxylic acids is 1. The number of rotatable bonds is 4. The predicted octanol–water partition coefficient (Wildman–Crippen LogP) is 5.29. The molecule has 0 fully saturated rings. The fourth-order valence-corrected chi connectivity index (χ4v) is 3.53. The van der Waals surface area contributed by atoms with Crippen molar-refractivity contribution in [2.24, 2.45) is 0 Å². The van der Waals surface area contributed by atoms with Gasteiger partial charge in [-0.2, -0.15) is 0 Å². The van der Waals surface area contributed by atoms with Gasteiger partial charge in [-0.3, -0.25) is 4.79 Å². The topological polar surface area (TPSA) is 34.0 Å². The SMILES string of the molecule is CCCn1cc(Br)cc1C(=O)Nc1c(C)cc(Br)cc1C. The Morgan fingerprint density at radius 1 is 1.14 bits per heavy atom. The molecule has 0 unspecified atom stereocenters. The molecule has 0 atom stereocenters. The quantitative estimate of drug-likeness (QED) is 0.725. The van der Waals surface area contributed by atoms with Gasteiger partial charge in [0.05, 0.1) is 0 Å². The predicted molar refractivity (Wildman–Crippen MR) is 94.0 cm³/mol. The first-order valence-electron chi connectivity index (χ1n) is 6.86. The number of aromatic nitrogens is 1. The zero-order chi connectivity index (χ0) is 15.6. The minimum absolute atomic E-state index is 0.0809. The lowest BCUT2D eigenvalue weighted by Gasteiger charge is -2.13. The van der Waals surface area contributed by atoms with E-state index in [0.717, 1.165) is 38.7 Å². The summed E-state index contributed by atoms with van der Waals surface area (Å²) in [6.07, 6.45) is 2.93. The van der Waals surface area contributed by atoms with E-state index in [4.69, 9.17) is 0 Å². The van der Waals surface area contributed by atoms with Crippen LogP contribution in [0.2, 0.25) is 0 Å². The molecule has 5 heteroatoms. The molecule has 0 spiro atoms. The van der Waals surface area contributed by atoms with Gasteiger partial charge in [0.2, 0.25) is 0 Å². The summed E-state index contributed by atoms with van der Waals surface area (Å²) in [5.41, 5.74) is 3.64. The molecular formula is C16H18Br2N2O. The Morgan fingerprint density at radius 3 is 2.33 bits per heavy atom. The lowest BCUT2D eigenvalue weighted by atomic mass is 10.1. The molecular weight excluding hydrogens is 396 g/mol. The van der Waals surface area contributed by atoms with Gasteiger partial charge in [0.15, 0.2) is 0 Å². The van der Waals surface area contributed by atoms with Crippen LogP contribution in [0, 0.1) is 13.8 Å². The van der Waals surface area contributed by atoms with Crippen molar-refractivity contribution in [3.63, 3.8) is 0 Å². The number of aryl methyl sites for hydroxylation is 3. The molecule has 3 nitrogen and oxygen atoms in total.